The minimum absolute atomic E-state index is 0.123. The van der Waals surface area contributed by atoms with Crippen LogP contribution in [0.4, 0.5) is 0 Å². The van der Waals surface area contributed by atoms with E-state index >= 15 is 0 Å². The number of thioether (sulfide) groups is 1. The van der Waals surface area contributed by atoms with Crippen molar-refractivity contribution in [2.45, 2.75) is 39.8 Å². The lowest BCUT2D eigenvalue weighted by Gasteiger charge is -2.37. The number of amides is 1. The summed E-state index contributed by atoms with van der Waals surface area (Å²) in [5.41, 5.74) is 5.93. The minimum Gasteiger partial charge on any atom is -0.460 e. The van der Waals surface area contributed by atoms with Gasteiger partial charge in [-0.25, -0.2) is 9.79 Å². The van der Waals surface area contributed by atoms with E-state index in [9.17, 15) is 9.59 Å². The second kappa shape index (κ2) is 11.5. The maximum absolute atomic E-state index is 13.3. The number of amidine groups is 1. The summed E-state index contributed by atoms with van der Waals surface area (Å²) in [6.07, 6.45) is 3.58. The number of fused-ring (bicyclic) bond motifs is 1. The van der Waals surface area contributed by atoms with Gasteiger partial charge in [-0.15, -0.1) is 0 Å². The Hall–Kier alpha value is -3.43. The number of aryl methyl sites for hydroxylation is 2. The number of methoxy groups -OCH3 is 1. The Kier molecular flexibility index (Phi) is 8.22. The fraction of sp³-hybridized carbons (Fsp3) is 0.333. The highest BCUT2D eigenvalue weighted by atomic mass is 32.2. The average molecular weight is 507 g/mol. The third kappa shape index (κ3) is 5.68. The third-order valence-corrected chi connectivity index (χ3v) is 6.90. The molecule has 4 rings (SSSR count). The number of carbonyl (C=O) groups excluding carboxylic acids is 2. The minimum atomic E-state index is -0.458. The molecule has 3 heterocycles. The van der Waals surface area contributed by atoms with E-state index in [4.69, 9.17) is 14.5 Å². The zero-order chi connectivity index (χ0) is 25.7. The summed E-state index contributed by atoms with van der Waals surface area (Å²) in [7, 11) is 1.56. The maximum Gasteiger partial charge on any atom is 0.338 e. The lowest BCUT2D eigenvalue weighted by molar-refractivity contribution is -0.141. The molecule has 0 saturated carbocycles. The zero-order valence-electron chi connectivity index (χ0n) is 20.9. The van der Waals surface area contributed by atoms with E-state index in [1.54, 1.807) is 19.5 Å². The van der Waals surface area contributed by atoms with Crippen LogP contribution in [0.1, 0.15) is 41.6 Å². The maximum atomic E-state index is 13.3. The molecule has 1 unspecified atom stereocenters. The van der Waals surface area contributed by atoms with Crippen LogP contribution in [0.2, 0.25) is 0 Å². The Balaban J connectivity index is 1.62. The summed E-state index contributed by atoms with van der Waals surface area (Å²) >= 11 is 1.45. The van der Waals surface area contributed by atoms with Crippen LogP contribution in [0.3, 0.4) is 0 Å². The molecule has 1 atom stereocenters. The number of aliphatic imine (C=N–C) groups is 1. The Labute approximate surface area is 215 Å². The molecule has 36 heavy (non-hydrogen) atoms. The first-order valence-corrected chi connectivity index (χ1v) is 12.6. The van der Waals surface area contributed by atoms with Crippen LogP contribution in [0, 0.1) is 13.8 Å². The lowest BCUT2D eigenvalue weighted by Crippen LogP contribution is -2.38. The summed E-state index contributed by atoms with van der Waals surface area (Å²) in [6, 6.07) is 9.46. The average Bonchev–Trinajstić information content (AvgIpc) is 3.24. The first kappa shape index (κ1) is 25.7. The number of hydrogen-bond donors (Lipinski definition) is 1. The molecule has 0 fully saturated rings. The second-order valence-corrected chi connectivity index (χ2v) is 9.53. The van der Waals surface area contributed by atoms with Gasteiger partial charge >= 0.3 is 5.97 Å². The van der Waals surface area contributed by atoms with Crippen molar-refractivity contribution in [1.82, 2.24) is 15.2 Å². The van der Waals surface area contributed by atoms with Crippen LogP contribution in [-0.4, -0.2) is 47.3 Å². The van der Waals surface area contributed by atoms with Gasteiger partial charge in [0.05, 0.1) is 30.3 Å². The van der Waals surface area contributed by atoms with Gasteiger partial charge in [-0.1, -0.05) is 41.6 Å². The topological polar surface area (TPSA) is 93.1 Å². The number of nitrogens with zero attached hydrogens (tertiary/aromatic N) is 3. The number of carbonyl (C=O) groups is 2. The number of nitrogens with one attached hydrogen (secondary N) is 1. The summed E-state index contributed by atoms with van der Waals surface area (Å²) in [4.78, 5) is 37.0. The SMILES string of the molecule is COCCOC(=O)C1=C(C)N=C2SC=C(CC(=O)NCc3cccnc3)N2C1c1ccc(C)cc1C. The number of aromatic nitrogens is 1. The van der Waals surface area contributed by atoms with Crippen molar-refractivity contribution < 1.29 is 19.1 Å². The zero-order valence-corrected chi connectivity index (χ0v) is 21.7. The molecule has 1 amide bonds. The van der Waals surface area contributed by atoms with Crippen LogP contribution in [0.5, 0.6) is 0 Å². The Morgan fingerprint density at radius 3 is 2.72 bits per heavy atom. The molecule has 2 aliphatic rings. The molecule has 1 N–H and O–H groups in total. The molecule has 0 bridgehead atoms. The predicted molar refractivity (Wildman–Crippen MR) is 140 cm³/mol. The number of rotatable bonds is 9. The van der Waals surface area contributed by atoms with Crippen molar-refractivity contribution in [3.05, 3.63) is 87.4 Å². The van der Waals surface area contributed by atoms with Crippen LogP contribution in [0.15, 0.2) is 70.1 Å². The monoisotopic (exact) mass is 506 g/mol. The Morgan fingerprint density at radius 2 is 2.00 bits per heavy atom. The number of pyridine rings is 1. The second-order valence-electron chi connectivity index (χ2n) is 8.70. The molecule has 0 aliphatic carbocycles. The predicted octanol–water partition coefficient (Wildman–Crippen LogP) is 4.17. The molecule has 188 valence electrons. The summed E-state index contributed by atoms with van der Waals surface area (Å²) < 4.78 is 10.6. The molecule has 2 aliphatic heterocycles. The van der Waals surface area contributed by atoms with Gasteiger partial charge in [0.2, 0.25) is 5.91 Å². The molecule has 0 spiro atoms. The number of benzene rings is 1. The van der Waals surface area contributed by atoms with E-state index in [1.807, 2.05) is 55.3 Å². The standard InChI is InChI=1S/C27H30N4O4S/c1-17-7-8-22(18(2)12-17)25-24(26(33)35-11-10-34-4)19(3)30-27-31(25)21(16-36-27)13-23(32)29-15-20-6-5-9-28-14-20/h5-9,12,14,16,25H,10-11,13,15H2,1-4H3,(H,29,32). The van der Waals surface area contributed by atoms with Gasteiger partial charge in [-0.3, -0.25) is 9.78 Å². The molecule has 2 aromatic rings. The van der Waals surface area contributed by atoms with E-state index in [0.717, 1.165) is 33.1 Å². The summed E-state index contributed by atoms with van der Waals surface area (Å²) in [5.74, 6) is -0.559. The van der Waals surface area contributed by atoms with Crippen LogP contribution in [-0.2, 0) is 25.6 Å². The molecule has 0 saturated heterocycles. The number of esters is 1. The molecule has 1 aromatic heterocycles. The van der Waals surface area contributed by atoms with Crippen molar-refractivity contribution in [2.24, 2.45) is 4.99 Å². The Bertz CT molecular complexity index is 1240. The highest BCUT2D eigenvalue weighted by Gasteiger charge is 2.41. The summed E-state index contributed by atoms with van der Waals surface area (Å²) in [6.45, 7) is 6.75. The highest BCUT2D eigenvalue weighted by Crippen LogP contribution is 2.45. The quantitative estimate of drug-likeness (QED) is 0.403. The normalized spacial score (nSPS) is 16.9. The van der Waals surface area contributed by atoms with E-state index in [1.165, 1.54) is 11.8 Å². The van der Waals surface area contributed by atoms with Crippen molar-refractivity contribution in [3.8, 4) is 0 Å². The van der Waals surface area contributed by atoms with E-state index in [2.05, 4.69) is 16.4 Å². The van der Waals surface area contributed by atoms with Crippen molar-refractivity contribution >= 4 is 28.8 Å². The van der Waals surface area contributed by atoms with Gasteiger partial charge in [0.25, 0.3) is 0 Å². The Morgan fingerprint density at radius 1 is 1.17 bits per heavy atom. The van der Waals surface area contributed by atoms with Crippen LogP contribution in [0.25, 0.3) is 0 Å². The van der Waals surface area contributed by atoms with Crippen molar-refractivity contribution in [2.75, 3.05) is 20.3 Å². The van der Waals surface area contributed by atoms with E-state index in [-0.39, 0.29) is 18.9 Å². The van der Waals surface area contributed by atoms with Crippen LogP contribution < -0.4 is 5.32 Å². The first-order valence-electron chi connectivity index (χ1n) is 11.7. The number of hydrogen-bond acceptors (Lipinski definition) is 8. The number of ether oxygens (including phenoxy) is 2. The number of allylic oxidation sites excluding steroid dienone is 1. The fourth-order valence-corrected chi connectivity index (χ4v) is 5.25. The van der Waals surface area contributed by atoms with Crippen LogP contribution >= 0.6 is 11.8 Å². The highest BCUT2D eigenvalue weighted by molar-refractivity contribution is 8.16. The van der Waals surface area contributed by atoms with Gasteiger partial charge in [0.15, 0.2) is 5.17 Å². The largest absolute Gasteiger partial charge is 0.460 e. The van der Waals surface area contributed by atoms with Crippen molar-refractivity contribution in [1.29, 1.82) is 0 Å². The molecule has 9 heteroatoms. The van der Waals surface area contributed by atoms with Crippen molar-refractivity contribution in [3.63, 3.8) is 0 Å². The van der Waals surface area contributed by atoms with E-state index < -0.39 is 12.0 Å². The molecular weight excluding hydrogens is 476 g/mol. The summed E-state index contributed by atoms with van der Waals surface area (Å²) in [5, 5.41) is 5.63. The molecule has 8 nitrogen and oxygen atoms in total. The third-order valence-electron chi connectivity index (χ3n) is 6.02. The molecule has 0 radical (unpaired) electrons. The van der Waals surface area contributed by atoms with Gasteiger partial charge in [0, 0.05) is 31.7 Å². The van der Waals surface area contributed by atoms with E-state index in [0.29, 0.717) is 24.4 Å². The molecule has 1 aromatic carbocycles. The van der Waals surface area contributed by atoms with Gasteiger partial charge in [0.1, 0.15) is 6.61 Å². The smallest absolute Gasteiger partial charge is 0.338 e. The first-order chi connectivity index (χ1) is 17.4. The van der Waals surface area contributed by atoms with Gasteiger partial charge in [-0.2, -0.15) is 0 Å². The fourth-order valence-electron chi connectivity index (χ4n) is 4.28. The van der Waals surface area contributed by atoms with Gasteiger partial charge in [-0.05, 0) is 48.9 Å². The van der Waals surface area contributed by atoms with Gasteiger partial charge < -0.3 is 19.7 Å². The lowest BCUT2D eigenvalue weighted by atomic mass is 9.90. The molecular formula is C27H30N4O4S.